The summed E-state index contributed by atoms with van der Waals surface area (Å²) in [4.78, 5) is 11.2. The fourth-order valence-electron chi connectivity index (χ4n) is 2.52. The molecular formula is C16H12FNO2. The molecule has 0 spiro atoms. The van der Waals surface area contributed by atoms with Crippen molar-refractivity contribution in [1.82, 2.24) is 4.57 Å². The van der Waals surface area contributed by atoms with Crippen molar-refractivity contribution in [3.63, 3.8) is 0 Å². The molecule has 1 aromatic heterocycles. The van der Waals surface area contributed by atoms with Crippen LogP contribution in [0.3, 0.4) is 0 Å². The number of para-hydroxylation sites is 1. The third-order valence-electron chi connectivity index (χ3n) is 3.44. The molecular weight excluding hydrogens is 257 g/mol. The lowest BCUT2D eigenvalue weighted by atomic mass is 10.0. The number of halogens is 1. The number of aromatic nitrogens is 1. The second kappa shape index (κ2) is 4.49. The molecule has 1 heterocycles. The van der Waals surface area contributed by atoms with E-state index in [0.717, 1.165) is 10.9 Å². The van der Waals surface area contributed by atoms with Gasteiger partial charge in [-0.15, -0.1) is 0 Å². The van der Waals surface area contributed by atoms with Gasteiger partial charge in [0, 0.05) is 23.6 Å². The van der Waals surface area contributed by atoms with Crippen LogP contribution in [0.15, 0.2) is 48.5 Å². The Labute approximate surface area is 114 Å². The predicted molar refractivity (Wildman–Crippen MR) is 75.3 cm³/mol. The molecule has 3 aromatic rings. The first-order chi connectivity index (χ1) is 9.59. The van der Waals surface area contributed by atoms with E-state index in [1.165, 1.54) is 6.07 Å². The summed E-state index contributed by atoms with van der Waals surface area (Å²) in [5, 5.41) is 9.97. The van der Waals surface area contributed by atoms with E-state index < -0.39 is 5.97 Å². The number of carboxylic acids is 1. The molecule has 2 aromatic carbocycles. The van der Waals surface area contributed by atoms with Gasteiger partial charge in [0.15, 0.2) is 0 Å². The molecule has 100 valence electrons. The number of benzene rings is 2. The first kappa shape index (κ1) is 12.4. The molecule has 4 heteroatoms. The highest BCUT2D eigenvalue weighted by Gasteiger charge is 2.16. The first-order valence-corrected chi connectivity index (χ1v) is 6.16. The largest absolute Gasteiger partial charge is 0.477 e. The number of rotatable bonds is 2. The fraction of sp³-hybridized carbons (Fsp3) is 0.0625. The zero-order chi connectivity index (χ0) is 14.3. The maximum absolute atomic E-state index is 14.0. The van der Waals surface area contributed by atoms with Crippen molar-refractivity contribution in [2.45, 2.75) is 0 Å². The van der Waals surface area contributed by atoms with E-state index in [1.807, 2.05) is 6.07 Å². The Morgan fingerprint density at radius 2 is 1.80 bits per heavy atom. The summed E-state index contributed by atoms with van der Waals surface area (Å²) < 4.78 is 15.6. The van der Waals surface area contributed by atoms with Gasteiger partial charge in [-0.25, -0.2) is 9.18 Å². The Balaban J connectivity index is 2.38. The second-order valence-electron chi connectivity index (χ2n) is 4.62. The molecule has 0 aliphatic rings. The lowest BCUT2D eigenvalue weighted by Crippen LogP contribution is -2.04. The predicted octanol–water partition coefficient (Wildman–Crippen LogP) is 3.68. The van der Waals surface area contributed by atoms with E-state index in [4.69, 9.17) is 0 Å². The van der Waals surface area contributed by atoms with Gasteiger partial charge in [-0.05, 0) is 12.1 Å². The van der Waals surface area contributed by atoms with Crippen molar-refractivity contribution >= 4 is 16.9 Å². The minimum Gasteiger partial charge on any atom is -0.477 e. The Morgan fingerprint density at radius 1 is 1.10 bits per heavy atom. The van der Waals surface area contributed by atoms with Gasteiger partial charge < -0.3 is 9.67 Å². The Kier molecular flexibility index (Phi) is 2.79. The zero-order valence-electron chi connectivity index (χ0n) is 10.8. The molecule has 0 atom stereocenters. The summed E-state index contributed by atoms with van der Waals surface area (Å²) in [7, 11) is 1.68. The topological polar surface area (TPSA) is 42.2 Å². The molecule has 0 unspecified atom stereocenters. The number of aryl methyl sites for hydroxylation is 1. The van der Waals surface area contributed by atoms with Gasteiger partial charge in [-0.2, -0.15) is 0 Å². The summed E-state index contributed by atoms with van der Waals surface area (Å²) in [5.74, 6) is -1.32. The lowest BCUT2D eigenvalue weighted by Gasteiger charge is -2.08. The Hall–Kier alpha value is -2.62. The SMILES string of the molecule is Cn1c(C(=O)O)cc2cccc(-c3ccccc3F)c21. The van der Waals surface area contributed by atoms with Crippen LogP contribution in [-0.2, 0) is 7.05 Å². The summed E-state index contributed by atoms with van der Waals surface area (Å²) >= 11 is 0. The minimum absolute atomic E-state index is 0.184. The molecule has 3 nitrogen and oxygen atoms in total. The molecule has 0 saturated heterocycles. The van der Waals surface area contributed by atoms with Crippen LogP contribution in [0.2, 0.25) is 0 Å². The smallest absolute Gasteiger partial charge is 0.352 e. The Morgan fingerprint density at radius 3 is 2.50 bits per heavy atom. The van der Waals surface area contributed by atoms with Gasteiger partial charge in [0.2, 0.25) is 0 Å². The van der Waals surface area contributed by atoms with Crippen molar-refractivity contribution in [3.8, 4) is 11.1 Å². The second-order valence-corrected chi connectivity index (χ2v) is 4.62. The van der Waals surface area contributed by atoms with Crippen LogP contribution in [0.4, 0.5) is 4.39 Å². The van der Waals surface area contributed by atoms with E-state index in [9.17, 15) is 14.3 Å². The molecule has 3 rings (SSSR count). The highest BCUT2D eigenvalue weighted by molar-refractivity contribution is 6.00. The third kappa shape index (κ3) is 1.77. The monoisotopic (exact) mass is 269 g/mol. The molecule has 0 saturated carbocycles. The number of carbonyl (C=O) groups is 1. The van der Waals surface area contributed by atoms with Crippen molar-refractivity contribution < 1.29 is 14.3 Å². The summed E-state index contributed by atoms with van der Waals surface area (Å²) in [6.45, 7) is 0. The van der Waals surface area contributed by atoms with Gasteiger partial charge in [-0.1, -0.05) is 36.4 Å². The highest BCUT2D eigenvalue weighted by atomic mass is 19.1. The number of fused-ring (bicyclic) bond motifs is 1. The van der Waals surface area contributed by atoms with E-state index in [1.54, 1.807) is 48.0 Å². The summed E-state index contributed by atoms with van der Waals surface area (Å²) in [6.07, 6.45) is 0. The third-order valence-corrected chi connectivity index (χ3v) is 3.44. The zero-order valence-corrected chi connectivity index (χ0v) is 10.8. The van der Waals surface area contributed by atoms with Crippen LogP contribution in [0, 0.1) is 5.82 Å². The van der Waals surface area contributed by atoms with Crippen LogP contribution in [0.25, 0.3) is 22.0 Å². The minimum atomic E-state index is -0.997. The fourth-order valence-corrected chi connectivity index (χ4v) is 2.52. The summed E-state index contributed by atoms with van der Waals surface area (Å²) in [6, 6.07) is 13.5. The average Bonchev–Trinajstić information content (AvgIpc) is 2.77. The number of hydrogen-bond acceptors (Lipinski definition) is 1. The van der Waals surface area contributed by atoms with E-state index in [0.29, 0.717) is 11.1 Å². The molecule has 0 radical (unpaired) electrons. The van der Waals surface area contributed by atoms with Crippen molar-refractivity contribution in [2.75, 3.05) is 0 Å². The average molecular weight is 269 g/mol. The maximum atomic E-state index is 14.0. The molecule has 0 aliphatic heterocycles. The summed E-state index contributed by atoms with van der Waals surface area (Å²) in [5.41, 5.74) is 2.06. The number of carboxylic acid groups (broad SMARTS) is 1. The normalized spacial score (nSPS) is 10.9. The van der Waals surface area contributed by atoms with Crippen LogP contribution in [-0.4, -0.2) is 15.6 Å². The molecule has 0 bridgehead atoms. The van der Waals surface area contributed by atoms with Crippen molar-refractivity contribution in [1.29, 1.82) is 0 Å². The highest BCUT2D eigenvalue weighted by Crippen LogP contribution is 2.31. The van der Waals surface area contributed by atoms with Crippen molar-refractivity contribution in [3.05, 3.63) is 60.0 Å². The van der Waals surface area contributed by atoms with Crippen LogP contribution >= 0.6 is 0 Å². The quantitative estimate of drug-likeness (QED) is 0.771. The molecule has 0 aliphatic carbocycles. The first-order valence-electron chi connectivity index (χ1n) is 6.16. The van der Waals surface area contributed by atoms with Crippen LogP contribution in [0.1, 0.15) is 10.5 Å². The van der Waals surface area contributed by atoms with Gasteiger partial charge in [0.05, 0.1) is 5.52 Å². The van der Waals surface area contributed by atoms with Crippen LogP contribution < -0.4 is 0 Å². The molecule has 0 amide bonds. The van der Waals surface area contributed by atoms with E-state index in [2.05, 4.69) is 0 Å². The van der Waals surface area contributed by atoms with E-state index in [-0.39, 0.29) is 11.5 Å². The standard InChI is InChI=1S/C16H12FNO2/c1-18-14(16(19)20)9-10-5-4-7-12(15(10)18)11-6-2-3-8-13(11)17/h2-9H,1H3,(H,19,20). The number of nitrogens with zero attached hydrogens (tertiary/aromatic N) is 1. The molecule has 0 fully saturated rings. The van der Waals surface area contributed by atoms with Gasteiger partial charge >= 0.3 is 5.97 Å². The Bertz CT molecular complexity index is 820. The van der Waals surface area contributed by atoms with Crippen LogP contribution in [0.5, 0.6) is 0 Å². The number of aromatic carboxylic acids is 1. The van der Waals surface area contributed by atoms with E-state index >= 15 is 0 Å². The molecule has 1 N–H and O–H groups in total. The van der Waals surface area contributed by atoms with Gasteiger partial charge in [-0.3, -0.25) is 0 Å². The van der Waals surface area contributed by atoms with Crippen molar-refractivity contribution in [2.24, 2.45) is 7.05 Å². The van der Waals surface area contributed by atoms with Gasteiger partial charge in [0.25, 0.3) is 0 Å². The lowest BCUT2D eigenvalue weighted by molar-refractivity contribution is 0.0687. The maximum Gasteiger partial charge on any atom is 0.352 e. The number of hydrogen-bond donors (Lipinski definition) is 1. The van der Waals surface area contributed by atoms with Gasteiger partial charge in [0.1, 0.15) is 11.5 Å². The molecule has 20 heavy (non-hydrogen) atoms.